The number of benzene rings is 1. The van der Waals surface area contributed by atoms with Crippen LogP contribution in [0.3, 0.4) is 0 Å². The number of hydrogen-bond donors (Lipinski definition) is 2. The molecule has 2 heterocycles. The molecule has 3 N–H and O–H groups in total. The Balaban J connectivity index is 1.82. The van der Waals surface area contributed by atoms with E-state index in [2.05, 4.69) is 15.5 Å². The summed E-state index contributed by atoms with van der Waals surface area (Å²) >= 11 is 0. The molecule has 8 heteroatoms. The predicted molar refractivity (Wildman–Crippen MR) is 104 cm³/mol. The second-order valence-electron chi connectivity index (χ2n) is 7.00. The molecular formula is C19H22BN5O2. The number of rotatable bonds is 7. The van der Waals surface area contributed by atoms with Crippen molar-refractivity contribution in [3.8, 4) is 0 Å². The minimum atomic E-state index is -1.03. The highest BCUT2D eigenvalue weighted by Crippen LogP contribution is 2.15. The summed E-state index contributed by atoms with van der Waals surface area (Å²) in [5.74, 6) is 0.222. The van der Waals surface area contributed by atoms with Gasteiger partial charge in [-0.2, -0.15) is 0 Å². The van der Waals surface area contributed by atoms with E-state index in [1.807, 2.05) is 30.3 Å². The van der Waals surface area contributed by atoms with E-state index in [1.54, 1.807) is 36.6 Å². The molecule has 0 unspecified atom stereocenters. The minimum Gasteiger partial charge on any atom is -0.374 e. The van der Waals surface area contributed by atoms with Gasteiger partial charge in [0.2, 0.25) is 5.91 Å². The first-order valence-corrected chi connectivity index (χ1v) is 8.66. The van der Waals surface area contributed by atoms with Crippen molar-refractivity contribution < 1.29 is 9.53 Å². The molecule has 2 aromatic heterocycles. The van der Waals surface area contributed by atoms with Gasteiger partial charge >= 0.3 is 0 Å². The van der Waals surface area contributed by atoms with Crippen LogP contribution < -0.4 is 16.5 Å². The summed E-state index contributed by atoms with van der Waals surface area (Å²) in [6, 6.07) is 12.8. The monoisotopic (exact) mass is 363 g/mol. The van der Waals surface area contributed by atoms with Crippen LogP contribution in [0.15, 0.2) is 48.7 Å². The number of nitrogens with zero attached hydrogens (tertiary/aromatic N) is 3. The Bertz CT molecular complexity index is 921. The number of pyridine rings is 1. The van der Waals surface area contributed by atoms with Gasteiger partial charge in [-0.05, 0) is 25.5 Å². The highest BCUT2D eigenvalue weighted by atomic mass is 16.5. The molecule has 2 radical (unpaired) electrons. The number of nitrogens with two attached hydrogens (primary N) is 1. The number of nitrogens with one attached hydrogen (secondary N) is 1. The first kappa shape index (κ1) is 19.1. The summed E-state index contributed by atoms with van der Waals surface area (Å²) in [6.45, 7) is 3.92. The number of hydrogen-bond acceptors (Lipinski definition) is 5. The average molecular weight is 363 g/mol. The fourth-order valence-electron chi connectivity index (χ4n) is 2.56. The largest absolute Gasteiger partial charge is 0.374 e. The van der Waals surface area contributed by atoms with Crippen LogP contribution in [0.5, 0.6) is 0 Å². The lowest BCUT2D eigenvalue weighted by molar-refractivity contribution is -0.126. The fraction of sp³-hybridized carbons (Fsp3) is 0.316. The van der Waals surface area contributed by atoms with Crippen molar-refractivity contribution in [2.24, 2.45) is 5.73 Å². The molecule has 138 valence electrons. The molecule has 0 fully saturated rings. The van der Waals surface area contributed by atoms with Gasteiger partial charge < -0.3 is 15.8 Å². The highest BCUT2D eigenvalue weighted by Gasteiger charge is 2.27. The molecule has 3 rings (SSSR count). The molecule has 0 bridgehead atoms. The quantitative estimate of drug-likeness (QED) is 0.601. The molecule has 0 spiro atoms. The van der Waals surface area contributed by atoms with Crippen LogP contribution in [-0.4, -0.2) is 40.5 Å². The van der Waals surface area contributed by atoms with Gasteiger partial charge in [0.05, 0.1) is 18.8 Å². The summed E-state index contributed by atoms with van der Waals surface area (Å²) < 4.78 is 7.58. The van der Waals surface area contributed by atoms with Crippen LogP contribution in [0.25, 0.3) is 5.65 Å². The van der Waals surface area contributed by atoms with Crippen LogP contribution in [0, 0.1) is 0 Å². The van der Waals surface area contributed by atoms with E-state index < -0.39 is 11.6 Å². The topological polar surface area (TPSA) is 94.5 Å². The average Bonchev–Trinajstić information content (AvgIpc) is 3.03. The molecule has 7 nitrogen and oxygen atoms in total. The van der Waals surface area contributed by atoms with Crippen LogP contribution >= 0.6 is 0 Å². The lowest BCUT2D eigenvalue weighted by atomic mass is 9.99. The molecule has 1 amide bonds. The third-order valence-electron chi connectivity index (χ3n) is 4.05. The Kier molecular flexibility index (Phi) is 5.58. The van der Waals surface area contributed by atoms with Crippen LogP contribution in [0.4, 0.5) is 0 Å². The Hall–Kier alpha value is -2.71. The molecular weight excluding hydrogens is 341 g/mol. The molecule has 1 aromatic carbocycles. The Labute approximate surface area is 159 Å². The molecule has 27 heavy (non-hydrogen) atoms. The number of amides is 1. The van der Waals surface area contributed by atoms with Gasteiger partial charge in [-0.25, -0.2) is 0 Å². The standard InChI is InChI=1S/C19H22BN5O2/c1-19(2,21)18(26)22-15(12-27-11-13-6-4-3-5-7-13)17-24-23-16-9-8-14(20)10-25(16)17/h3-10,15H,11-12,21H2,1-2H3,(H,22,26)/t15-/m1/s1. The maximum absolute atomic E-state index is 12.4. The van der Waals surface area contributed by atoms with Crippen LogP contribution in [0.1, 0.15) is 31.3 Å². The van der Waals surface area contributed by atoms with Gasteiger partial charge in [-0.3, -0.25) is 9.20 Å². The minimum absolute atomic E-state index is 0.215. The molecule has 1 atom stereocenters. The maximum atomic E-state index is 12.4. The molecule has 0 aliphatic carbocycles. The summed E-state index contributed by atoms with van der Waals surface area (Å²) in [5, 5.41) is 11.3. The Morgan fingerprint density at radius 1 is 1.26 bits per heavy atom. The third-order valence-corrected chi connectivity index (χ3v) is 4.05. The second-order valence-corrected chi connectivity index (χ2v) is 7.00. The molecule has 0 saturated carbocycles. The van der Waals surface area contributed by atoms with E-state index in [1.165, 1.54) is 0 Å². The second kappa shape index (κ2) is 7.90. The maximum Gasteiger partial charge on any atom is 0.240 e. The number of aromatic nitrogens is 3. The van der Waals surface area contributed by atoms with Crippen molar-refractivity contribution in [1.82, 2.24) is 19.9 Å². The van der Waals surface area contributed by atoms with Crippen molar-refractivity contribution >= 4 is 24.9 Å². The number of carbonyl (C=O) groups excluding carboxylic acids is 1. The fourth-order valence-corrected chi connectivity index (χ4v) is 2.56. The predicted octanol–water partition coefficient (Wildman–Crippen LogP) is 0.634. The molecule has 0 aliphatic rings. The van der Waals surface area contributed by atoms with Gasteiger partial charge in [0.25, 0.3) is 0 Å². The van der Waals surface area contributed by atoms with Crippen molar-refractivity contribution in [1.29, 1.82) is 0 Å². The Morgan fingerprint density at radius 2 is 2.00 bits per heavy atom. The van der Waals surface area contributed by atoms with E-state index in [9.17, 15) is 4.79 Å². The molecule has 3 aromatic rings. The van der Waals surface area contributed by atoms with Gasteiger partial charge in [0, 0.05) is 6.20 Å². The van der Waals surface area contributed by atoms with E-state index in [-0.39, 0.29) is 12.5 Å². The number of carbonyl (C=O) groups is 1. The van der Waals surface area contributed by atoms with E-state index in [4.69, 9.17) is 18.3 Å². The number of ether oxygens (including phenoxy) is 1. The Morgan fingerprint density at radius 3 is 2.70 bits per heavy atom. The van der Waals surface area contributed by atoms with Crippen molar-refractivity contribution in [2.45, 2.75) is 32.0 Å². The first-order chi connectivity index (χ1) is 12.8. The first-order valence-electron chi connectivity index (χ1n) is 8.66. The summed E-state index contributed by atoms with van der Waals surface area (Å²) in [5.41, 5.74) is 7.13. The zero-order valence-electron chi connectivity index (χ0n) is 15.4. The lowest BCUT2D eigenvalue weighted by Crippen LogP contribution is -2.51. The lowest BCUT2D eigenvalue weighted by Gasteiger charge is -2.23. The van der Waals surface area contributed by atoms with Crippen molar-refractivity contribution in [3.05, 3.63) is 60.0 Å². The zero-order chi connectivity index (χ0) is 19.4. The van der Waals surface area contributed by atoms with Gasteiger partial charge in [-0.15, -0.1) is 10.2 Å². The van der Waals surface area contributed by atoms with Crippen molar-refractivity contribution in [2.75, 3.05) is 6.61 Å². The van der Waals surface area contributed by atoms with E-state index in [0.717, 1.165) is 5.56 Å². The van der Waals surface area contributed by atoms with Crippen molar-refractivity contribution in [3.63, 3.8) is 0 Å². The SMILES string of the molecule is [B]c1ccc2nnc([C@@H](COCc3ccccc3)NC(=O)C(C)(C)N)n2c1. The van der Waals surface area contributed by atoms with E-state index in [0.29, 0.717) is 23.5 Å². The van der Waals surface area contributed by atoms with Crippen LogP contribution in [-0.2, 0) is 16.1 Å². The normalized spacial score (nSPS) is 12.9. The summed E-state index contributed by atoms with van der Waals surface area (Å²) in [6.07, 6.45) is 1.72. The summed E-state index contributed by atoms with van der Waals surface area (Å²) in [7, 11) is 5.88. The summed E-state index contributed by atoms with van der Waals surface area (Å²) in [4.78, 5) is 12.4. The number of fused-ring (bicyclic) bond motifs is 1. The van der Waals surface area contributed by atoms with E-state index >= 15 is 0 Å². The van der Waals surface area contributed by atoms with Crippen LogP contribution in [0.2, 0.25) is 0 Å². The zero-order valence-corrected chi connectivity index (χ0v) is 15.4. The smallest absolute Gasteiger partial charge is 0.240 e. The molecule has 0 aliphatic heterocycles. The highest BCUT2D eigenvalue weighted by molar-refractivity contribution is 6.32. The van der Waals surface area contributed by atoms with Gasteiger partial charge in [-0.1, -0.05) is 41.9 Å². The third kappa shape index (κ3) is 4.72. The van der Waals surface area contributed by atoms with Gasteiger partial charge in [0.15, 0.2) is 11.5 Å². The van der Waals surface area contributed by atoms with Gasteiger partial charge in [0.1, 0.15) is 13.9 Å². The molecule has 0 saturated heterocycles.